The number of benzene rings is 7. The van der Waals surface area contributed by atoms with Gasteiger partial charge in [-0.25, -0.2) is 0 Å². The minimum Gasteiger partial charge on any atom is -0.309 e. The molecule has 0 spiro atoms. The fourth-order valence-electron chi connectivity index (χ4n) is 9.89. The smallest absolute Gasteiger partial charge is 0.0999 e. The molecule has 10 aromatic rings. The van der Waals surface area contributed by atoms with Crippen molar-refractivity contribution < 1.29 is 0 Å². The van der Waals surface area contributed by atoms with Gasteiger partial charge in [0, 0.05) is 33.3 Å². The van der Waals surface area contributed by atoms with E-state index in [0.717, 1.165) is 50.1 Å². The van der Waals surface area contributed by atoms with E-state index in [2.05, 4.69) is 178 Å². The molecule has 4 nitrogen and oxygen atoms in total. The molecule has 0 bridgehead atoms. The molecule has 0 amide bonds. The lowest BCUT2D eigenvalue weighted by Gasteiger charge is -2.19. The van der Waals surface area contributed by atoms with Crippen LogP contribution in [-0.2, 0) is 0 Å². The van der Waals surface area contributed by atoms with Crippen molar-refractivity contribution >= 4 is 43.6 Å². The number of fused-ring (bicyclic) bond motifs is 6. The maximum atomic E-state index is 10.8. The van der Waals surface area contributed by atoms with Gasteiger partial charge in [0.2, 0.25) is 0 Å². The van der Waals surface area contributed by atoms with Gasteiger partial charge in [-0.1, -0.05) is 90.0 Å². The quantitative estimate of drug-likeness (QED) is 0.176. The molecule has 0 aliphatic carbocycles. The minimum atomic E-state index is 0.569. The topological polar surface area (TPSA) is 46.5 Å². The van der Waals surface area contributed by atoms with Crippen molar-refractivity contribution in [2.45, 2.75) is 41.5 Å². The van der Waals surface area contributed by atoms with Crippen LogP contribution < -0.4 is 0 Å². The lowest BCUT2D eigenvalue weighted by atomic mass is 9.93. The Morgan fingerprint density at radius 3 is 1.41 bits per heavy atom. The molecule has 0 aliphatic heterocycles. The number of hydrogen-bond donors (Lipinski definition) is 0. The first-order chi connectivity index (χ1) is 28.2. The first-order valence-electron chi connectivity index (χ1n) is 19.9. The van der Waals surface area contributed by atoms with Crippen LogP contribution in [0.3, 0.4) is 0 Å². The first kappa shape index (κ1) is 35.2. The molecular formula is C54H42N4. The van der Waals surface area contributed by atoms with Gasteiger partial charge in [-0.3, -0.25) is 4.98 Å². The first-order valence-corrected chi connectivity index (χ1v) is 19.9. The number of para-hydroxylation sites is 2. The number of nitriles is 1. The van der Waals surface area contributed by atoms with Crippen LogP contribution in [0, 0.1) is 52.9 Å². The molecule has 0 saturated carbocycles. The number of nitrogens with zero attached hydrogens (tertiary/aromatic N) is 4. The van der Waals surface area contributed by atoms with Crippen molar-refractivity contribution in [3.05, 3.63) is 185 Å². The highest BCUT2D eigenvalue weighted by atomic mass is 15.0. The van der Waals surface area contributed by atoms with Crippen molar-refractivity contribution in [2.75, 3.05) is 0 Å². The molecule has 0 radical (unpaired) electrons. The summed E-state index contributed by atoms with van der Waals surface area (Å²) in [5.74, 6) is 0. The Morgan fingerprint density at radius 2 is 0.897 bits per heavy atom. The Morgan fingerprint density at radius 1 is 0.431 bits per heavy atom. The van der Waals surface area contributed by atoms with Gasteiger partial charge in [-0.15, -0.1) is 0 Å². The maximum Gasteiger partial charge on any atom is 0.0999 e. The highest BCUT2D eigenvalue weighted by Crippen LogP contribution is 2.43. The van der Waals surface area contributed by atoms with Crippen LogP contribution in [0.2, 0.25) is 0 Å². The van der Waals surface area contributed by atoms with Gasteiger partial charge in [-0.2, -0.15) is 5.26 Å². The molecule has 4 heteroatoms. The second-order valence-corrected chi connectivity index (χ2v) is 15.9. The summed E-state index contributed by atoms with van der Waals surface area (Å²) in [6, 6.07) is 52.7. The third-order valence-corrected chi connectivity index (χ3v) is 11.9. The second-order valence-electron chi connectivity index (χ2n) is 15.9. The zero-order chi connectivity index (χ0) is 39.8. The molecule has 0 N–H and O–H groups in total. The van der Waals surface area contributed by atoms with Crippen LogP contribution in [0.5, 0.6) is 0 Å². The van der Waals surface area contributed by atoms with Crippen LogP contribution in [0.15, 0.2) is 146 Å². The van der Waals surface area contributed by atoms with E-state index in [1.54, 1.807) is 0 Å². The van der Waals surface area contributed by atoms with Gasteiger partial charge in [0.15, 0.2) is 0 Å². The fraction of sp³-hybridized carbons (Fsp3) is 0.111. The van der Waals surface area contributed by atoms with Gasteiger partial charge in [-0.05, 0) is 147 Å². The molecular weight excluding hydrogens is 705 g/mol. The van der Waals surface area contributed by atoms with Gasteiger partial charge in [0.05, 0.1) is 50.8 Å². The molecule has 58 heavy (non-hydrogen) atoms. The van der Waals surface area contributed by atoms with E-state index < -0.39 is 0 Å². The van der Waals surface area contributed by atoms with Crippen molar-refractivity contribution in [1.82, 2.24) is 14.1 Å². The molecule has 0 atom stereocenters. The normalized spacial score (nSPS) is 11.6. The second kappa shape index (κ2) is 13.5. The Hall–Kier alpha value is -7.22. The average molecular weight is 747 g/mol. The van der Waals surface area contributed by atoms with Crippen LogP contribution in [-0.4, -0.2) is 14.1 Å². The zero-order valence-electron chi connectivity index (χ0n) is 33.6. The Balaban J connectivity index is 1.23. The average Bonchev–Trinajstić information content (AvgIpc) is 3.72. The number of aromatic nitrogens is 3. The summed E-state index contributed by atoms with van der Waals surface area (Å²) in [6.07, 6.45) is 1.84. The third kappa shape index (κ3) is 5.39. The molecule has 7 aromatic carbocycles. The van der Waals surface area contributed by atoms with Gasteiger partial charge in [0.25, 0.3) is 0 Å². The molecule has 3 aromatic heterocycles. The minimum absolute atomic E-state index is 0.569. The molecule has 278 valence electrons. The van der Waals surface area contributed by atoms with Gasteiger partial charge >= 0.3 is 0 Å². The monoisotopic (exact) mass is 746 g/mol. The predicted octanol–water partition coefficient (Wildman–Crippen LogP) is 14.0. The molecule has 10 rings (SSSR count). The van der Waals surface area contributed by atoms with Crippen molar-refractivity contribution in [3.8, 4) is 51.0 Å². The van der Waals surface area contributed by atoms with E-state index in [1.165, 1.54) is 71.8 Å². The van der Waals surface area contributed by atoms with Gasteiger partial charge in [0.1, 0.15) is 0 Å². The number of pyridine rings is 1. The lowest BCUT2D eigenvalue weighted by Crippen LogP contribution is -2.04. The van der Waals surface area contributed by atoms with Crippen LogP contribution in [0.4, 0.5) is 0 Å². The van der Waals surface area contributed by atoms with Crippen LogP contribution in [0.25, 0.3) is 88.5 Å². The summed E-state index contributed by atoms with van der Waals surface area (Å²) in [5, 5.41) is 15.5. The molecule has 0 unspecified atom stereocenters. The Bertz CT molecular complexity index is 3320. The number of rotatable bonds is 5. The number of aryl methyl sites for hydroxylation is 6. The molecule has 3 heterocycles. The van der Waals surface area contributed by atoms with Gasteiger partial charge < -0.3 is 9.13 Å². The highest BCUT2D eigenvalue weighted by Gasteiger charge is 2.24. The van der Waals surface area contributed by atoms with E-state index in [4.69, 9.17) is 4.98 Å². The summed E-state index contributed by atoms with van der Waals surface area (Å²) in [6.45, 7) is 13.1. The fourth-order valence-corrected chi connectivity index (χ4v) is 9.89. The van der Waals surface area contributed by atoms with E-state index >= 15 is 0 Å². The zero-order valence-corrected chi connectivity index (χ0v) is 33.6. The highest BCUT2D eigenvalue weighted by molar-refractivity contribution is 6.13. The summed E-state index contributed by atoms with van der Waals surface area (Å²) in [5.41, 5.74) is 20.9. The Kier molecular flexibility index (Phi) is 8.18. The van der Waals surface area contributed by atoms with E-state index in [9.17, 15) is 5.26 Å². The number of hydrogen-bond acceptors (Lipinski definition) is 2. The van der Waals surface area contributed by atoms with E-state index in [-0.39, 0.29) is 0 Å². The summed E-state index contributed by atoms with van der Waals surface area (Å²) < 4.78 is 4.65. The Labute approximate surface area is 338 Å². The summed E-state index contributed by atoms with van der Waals surface area (Å²) in [4.78, 5) is 5.15. The van der Waals surface area contributed by atoms with Crippen LogP contribution >= 0.6 is 0 Å². The maximum absolute atomic E-state index is 10.8. The SMILES string of the molecule is Cc1cc(C)c(-c2ccc3c(c2)c2ccccc2n3-c2cccnc2-c2c(C#N)cccc2-n2c3ccccc3c3cc(-c4c(C)cc(C)cc4C)ccc32)c(C)c1. The molecule has 0 saturated heterocycles. The van der Waals surface area contributed by atoms with Crippen molar-refractivity contribution in [2.24, 2.45) is 0 Å². The molecule has 0 fully saturated rings. The summed E-state index contributed by atoms with van der Waals surface area (Å²) >= 11 is 0. The third-order valence-electron chi connectivity index (χ3n) is 11.9. The lowest BCUT2D eigenvalue weighted by molar-refractivity contribution is 1.12. The van der Waals surface area contributed by atoms with E-state index in [1.807, 2.05) is 24.4 Å². The summed E-state index contributed by atoms with van der Waals surface area (Å²) in [7, 11) is 0. The predicted molar refractivity (Wildman–Crippen MR) is 242 cm³/mol. The van der Waals surface area contributed by atoms with Crippen molar-refractivity contribution in [3.63, 3.8) is 0 Å². The molecule has 0 aliphatic rings. The van der Waals surface area contributed by atoms with Crippen molar-refractivity contribution in [1.29, 1.82) is 5.26 Å². The van der Waals surface area contributed by atoms with Crippen LogP contribution in [0.1, 0.15) is 38.9 Å². The largest absolute Gasteiger partial charge is 0.309 e. The van der Waals surface area contributed by atoms with E-state index in [0.29, 0.717) is 5.56 Å². The standard InChI is InChI=1S/C54H42N4/c1-32-25-34(3)51(35(4)26-32)38-20-22-47-43(29-38)41-14-7-9-16-45(41)57(47)49-18-11-13-40(31-55)53(49)54-50(19-12-24-56-54)58-46-17-10-8-15-42(46)44-30-39(21-23-48(44)58)52-36(5)27-33(2)28-37(52)6/h7-30H,1-6H3.